The van der Waals surface area contributed by atoms with Crippen LogP contribution < -0.4 is 10.6 Å². The van der Waals surface area contributed by atoms with E-state index in [1.54, 1.807) is 6.08 Å². The Morgan fingerprint density at radius 3 is 2.80 bits per heavy atom. The number of carbonyl (C=O) groups excluding carboxylic acids is 1. The van der Waals surface area contributed by atoms with E-state index in [1.807, 2.05) is 0 Å². The van der Waals surface area contributed by atoms with E-state index in [4.69, 9.17) is 0 Å². The van der Waals surface area contributed by atoms with Crippen molar-refractivity contribution >= 4 is 5.91 Å². The molecule has 0 radical (unpaired) electrons. The first-order valence-corrected chi connectivity index (χ1v) is 5.85. The lowest BCUT2D eigenvalue weighted by atomic mass is 10.00. The van der Waals surface area contributed by atoms with Crippen LogP contribution in [0.4, 0.5) is 0 Å². The maximum Gasteiger partial charge on any atom is 0.234 e. The van der Waals surface area contributed by atoms with E-state index in [-0.39, 0.29) is 5.91 Å². The van der Waals surface area contributed by atoms with Crippen molar-refractivity contribution in [1.29, 1.82) is 0 Å². The second kappa shape index (κ2) is 6.62. The van der Waals surface area contributed by atoms with Gasteiger partial charge in [0.15, 0.2) is 0 Å². The van der Waals surface area contributed by atoms with E-state index >= 15 is 0 Å². The molecule has 2 N–H and O–H groups in total. The monoisotopic (exact) mass is 210 g/mol. The zero-order valence-electron chi connectivity index (χ0n) is 9.59. The number of rotatable bonds is 6. The fraction of sp³-hybridized carbons (Fsp3) is 0.750. The first kappa shape index (κ1) is 12.2. The highest BCUT2D eigenvalue weighted by Crippen LogP contribution is 2.27. The van der Waals surface area contributed by atoms with Gasteiger partial charge < -0.3 is 10.6 Å². The van der Waals surface area contributed by atoms with Crippen LogP contribution in [0, 0.1) is 5.92 Å². The van der Waals surface area contributed by atoms with Crippen LogP contribution in [0.3, 0.4) is 0 Å². The Kier molecular flexibility index (Phi) is 5.40. The molecular formula is C12H22N2O. The van der Waals surface area contributed by atoms with Crippen LogP contribution in [0.25, 0.3) is 0 Å². The summed E-state index contributed by atoms with van der Waals surface area (Å²) in [6, 6.07) is 0.460. The lowest BCUT2D eigenvalue weighted by molar-refractivity contribution is -0.120. The molecule has 1 saturated carbocycles. The Hall–Kier alpha value is -0.830. The minimum absolute atomic E-state index is 0.0553. The molecule has 86 valence electrons. The minimum atomic E-state index is 0.0553. The summed E-state index contributed by atoms with van der Waals surface area (Å²) in [4.78, 5) is 11.3. The van der Waals surface area contributed by atoms with Crippen molar-refractivity contribution in [2.24, 2.45) is 5.92 Å². The van der Waals surface area contributed by atoms with Gasteiger partial charge in [-0.15, -0.1) is 6.58 Å². The Labute approximate surface area is 92.3 Å². The summed E-state index contributed by atoms with van der Waals surface area (Å²) in [5, 5.41) is 6.05. The largest absolute Gasteiger partial charge is 0.352 e. The van der Waals surface area contributed by atoms with E-state index in [0.29, 0.717) is 19.1 Å². The van der Waals surface area contributed by atoms with Crippen LogP contribution >= 0.6 is 0 Å². The molecule has 0 aliphatic heterocycles. The third-order valence-electron chi connectivity index (χ3n) is 3.14. The Balaban J connectivity index is 2.12. The molecule has 0 saturated heterocycles. The van der Waals surface area contributed by atoms with Crippen LogP contribution in [0.15, 0.2) is 12.7 Å². The highest BCUT2D eigenvalue weighted by Gasteiger charge is 2.21. The molecule has 0 aromatic rings. The van der Waals surface area contributed by atoms with Crippen molar-refractivity contribution in [2.45, 2.75) is 38.6 Å². The van der Waals surface area contributed by atoms with E-state index in [0.717, 1.165) is 5.92 Å². The molecule has 0 bridgehead atoms. The Morgan fingerprint density at radius 2 is 2.20 bits per heavy atom. The van der Waals surface area contributed by atoms with Crippen LogP contribution in [0.5, 0.6) is 0 Å². The molecule has 3 heteroatoms. The number of nitrogens with one attached hydrogen (secondary N) is 2. The molecule has 1 unspecified atom stereocenters. The van der Waals surface area contributed by atoms with Gasteiger partial charge in [-0.05, 0) is 25.7 Å². The van der Waals surface area contributed by atoms with Gasteiger partial charge in [-0.2, -0.15) is 0 Å². The SMILES string of the molecule is C=CCNC(=O)CNC(C)C1CCCC1. The predicted octanol–water partition coefficient (Wildman–Crippen LogP) is 1.46. The lowest BCUT2D eigenvalue weighted by Gasteiger charge is -2.19. The number of hydrogen-bond acceptors (Lipinski definition) is 2. The van der Waals surface area contributed by atoms with Gasteiger partial charge in [-0.25, -0.2) is 0 Å². The third-order valence-corrected chi connectivity index (χ3v) is 3.14. The van der Waals surface area contributed by atoms with Gasteiger partial charge in [0.05, 0.1) is 6.54 Å². The van der Waals surface area contributed by atoms with Crippen molar-refractivity contribution in [3.63, 3.8) is 0 Å². The van der Waals surface area contributed by atoms with E-state index in [2.05, 4.69) is 24.1 Å². The third kappa shape index (κ3) is 4.47. The van der Waals surface area contributed by atoms with Crippen molar-refractivity contribution < 1.29 is 4.79 Å². The quantitative estimate of drug-likeness (QED) is 0.652. The predicted molar refractivity (Wildman–Crippen MR) is 62.6 cm³/mol. The van der Waals surface area contributed by atoms with E-state index < -0.39 is 0 Å². The standard InChI is InChI=1S/C12H22N2O/c1-3-8-13-12(15)9-14-10(2)11-6-4-5-7-11/h3,10-11,14H,1,4-9H2,2H3,(H,13,15). The summed E-state index contributed by atoms with van der Waals surface area (Å²) in [6.45, 7) is 6.71. The van der Waals surface area contributed by atoms with Gasteiger partial charge in [-0.1, -0.05) is 18.9 Å². The molecule has 1 atom stereocenters. The second-order valence-electron chi connectivity index (χ2n) is 4.31. The number of hydrogen-bond donors (Lipinski definition) is 2. The smallest absolute Gasteiger partial charge is 0.234 e. The number of amides is 1. The highest BCUT2D eigenvalue weighted by molar-refractivity contribution is 5.78. The van der Waals surface area contributed by atoms with Crippen LogP contribution in [-0.2, 0) is 4.79 Å². The maximum absolute atomic E-state index is 11.3. The van der Waals surface area contributed by atoms with Gasteiger partial charge in [0.1, 0.15) is 0 Å². The average Bonchev–Trinajstić information content (AvgIpc) is 2.76. The summed E-state index contributed by atoms with van der Waals surface area (Å²) >= 11 is 0. The molecule has 0 aromatic carbocycles. The maximum atomic E-state index is 11.3. The average molecular weight is 210 g/mol. The van der Waals surface area contributed by atoms with Gasteiger partial charge in [-0.3, -0.25) is 4.79 Å². The molecule has 1 amide bonds. The van der Waals surface area contributed by atoms with Crippen LogP contribution in [-0.4, -0.2) is 25.0 Å². The summed E-state index contributed by atoms with van der Waals surface area (Å²) in [5.74, 6) is 0.817. The van der Waals surface area contributed by atoms with Gasteiger partial charge in [0.25, 0.3) is 0 Å². The van der Waals surface area contributed by atoms with Gasteiger partial charge in [0, 0.05) is 12.6 Å². The zero-order valence-corrected chi connectivity index (χ0v) is 9.59. The fourth-order valence-corrected chi connectivity index (χ4v) is 2.13. The van der Waals surface area contributed by atoms with Gasteiger partial charge in [0.2, 0.25) is 5.91 Å². The minimum Gasteiger partial charge on any atom is -0.352 e. The first-order chi connectivity index (χ1) is 7.24. The zero-order chi connectivity index (χ0) is 11.1. The van der Waals surface area contributed by atoms with Gasteiger partial charge >= 0.3 is 0 Å². The topological polar surface area (TPSA) is 41.1 Å². The van der Waals surface area contributed by atoms with E-state index in [9.17, 15) is 4.79 Å². The molecule has 0 heterocycles. The lowest BCUT2D eigenvalue weighted by Crippen LogP contribution is -2.40. The molecule has 1 aliphatic carbocycles. The Morgan fingerprint density at radius 1 is 1.53 bits per heavy atom. The molecule has 0 spiro atoms. The summed E-state index contributed by atoms with van der Waals surface area (Å²) in [7, 11) is 0. The van der Waals surface area contributed by atoms with Crippen molar-refractivity contribution in [1.82, 2.24) is 10.6 Å². The second-order valence-corrected chi connectivity index (χ2v) is 4.31. The molecule has 15 heavy (non-hydrogen) atoms. The molecule has 3 nitrogen and oxygen atoms in total. The molecule has 1 aliphatic rings. The molecular weight excluding hydrogens is 188 g/mol. The van der Waals surface area contributed by atoms with Crippen molar-refractivity contribution in [2.75, 3.05) is 13.1 Å². The summed E-state index contributed by atoms with van der Waals surface area (Å²) < 4.78 is 0. The highest BCUT2D eigenvalue weighted by atomic mass is 16.1. The van der Waals surface area contributed by atoms with Crippen LogP contribution in [0.1, 0.15) is 32.6 Å². The van der Waals surface area contributed by atoms with Crippen molar-refractivity contribution in [3.05, 3.63) is 12.7 Å². The summed E-state index contributed by atoms with van der Waals surface area (Å²) in [5.41, 5.74) is 0. The molecule has 0 aromatic heterocycles. The molecule has 1 rings (SSSR count). The number of carbonyl (C=O) groups is 1. The Bertz CT molecular complexity index is 210. The normalized spacial score (nSPS) is 18.7. The fourth-order valence-electron chi connectivity index (χ4n) is 2.13. The molecule has 1 fully saturated rings. The van der Waals surface area contributed by atoms with Crippen molar-refractivity contribution in [3.8, 4) is 0 Å². The van der Waals surface area contributed by atoms with Crippen LogP contribution in [0.2, 0.25) is 0 Å². The first-order valence-electron chi connectivity index (χ1n) is 5.85. The van der Waals surface area contributed by atoms with E-state index in [1.165, 1.54) is 25.7 Å². The summed E-state index contributed by atoms with van der Waals surface area (Å²) in [6.07, 6.45) is 7.00.